The Morgan fingerprint density at radius 2 is 1.73 bits per heavy atom. The lowest BCUT2D eigenvalue weighted by Gasteiger charge is -2.42. The van der Waals surface area contributed by atoms with Crippen LogP contribution in [0.2, 0.25) is 0 Å². The molecule has 1 amide bonds. The molecule has 1 aromatic carbocycles. The number of hydrogen-bond acceptors (Lipinski definition) is 4. The fraction of sp³-hybridized carbons (Fsp3) is 0.720. The van der Waals surface area contributed by atoms with Crippen molar-refractivity contribution in [1.82, 2.24) is 9.80 Å². The van der Waals surface area contributed by atoms with E-state index in [0.29, 0.717) is 31.1 Å². The van der Waals surface area contributed by atoms with E-state index in [1.54, 1.807) is 11.8 Å². The molecule has 3 rings (SSSR count). The zero-order valence-electron chi connectivity index (χ0n) is 19.5. The number of nitrogens with zero attached hydrogens (tertiary/aromatic N) is 2. The van der Waals surface area contributed by atoms with Gasteiger partial charge in [0.1, 0.15) is 18.0 Å². The Morgan fingerprint density at radius 1 is 1.10 bits per heavy atom. The van der Waals surface area contributed by atoms with E-state index in [1.165, 1.54) is 18.4 Å². The summed E-state index contributed by atoms with van der Waals surface area (Å²) in [7, 11) is 0. The first-order valence-corrected chi connectivity index (χ1v) is 11.5. The van der Waals surface area contributed by atoms with Crippen LogP contribution in [0.4, 0.5) is 0 Å². The first-order valence-electron chi connectivity index (χ1n) is 11.5. The molecular weight excluding hydrogens is 376 g/mol. The molecule has 168 valence electrons. The van der Waals surface area contributed by atoms with Gasteiger partial charge < -0.3 is 14.7 Å². The number of aryl methyl sites for hydroxylation is 1. The molecule has 0 aromatic heterocycles. The smallest absolute Gasteiger partial charge is 0.219 e. The third kappa shape index (κ3) is 5.98. The second kappa shape index (κ2) is 9.27. The van der Waals surface area contributed by atoms with Crippen LogP contribution in [0.3, 0.4) is 0 Å². The highest BCUT2D eigenvalue weighted by Crippen LogP contribution is 2.39. The second-order valence-corrected chi connectivity index (χ2v) is 10.6. The molecule has 1 heterocycles. The summed E-state index contributed by atoms with van der Waals surface area (Å²) in [6, 6.07) is 8.36. The number of carbonyl (C=O) groups excluding carboxylic acids is 1. The molecule has 2 fully saturated rings. The van der Waals surface area contributed by atoms with Gasteiger partial charge in [0.2, 0.25) is 5.91 Å². The Morgan fingerprint density at radius 3 is 2.30 bits per heavy atom. The monoisotopic (exact) mass is 416 g/mol. The minimum absolute atomic E-state index is 0.0158. The Hall–Kier alpha value is -1.59. The van der Waals surface area contributed by atoms with Gasteiger partial charge in [-0.3, -0.25) is 9.69 Å². The normalized spacial score (nSPS) is 28.8. The molecule has 1 saturated carbocycles. The molecule has 30 heavy (non-hydrogen) atoms. The van der Waals surface area contributed by atoms with Gasteiger partial charge in [-0.1, -0.05) is 38.5 Å². The molecule has 1 N–H and O–H groups in total. The van der Waals surface area contributed by atoms with Crippen LogP contribution >= 0.6 is 0 Å². The van der Waals surface area contributed by atoms with Crippen LogP contribution in [0.25, 0.3) is 0 Å². The Balaban J connectivity index is 1.68. The summed E-state index contributed by atoms with van der Waals surface area (Å²) in [5.41, 5.74) is 0.460. The van der Waals surface area contributed by atoms with E-state index in [-0.39, 0.29) is 12.5 Å². The fourth-order valence-electron chi connectivity index (χ4n) is 5.02. The van der Waals surface area contributed by atoms with E-state index in [2.05, 4.69) is 25.7 Å². The zero-order chi connectivity index (χ0) is 21.9. The van der Waals surface area contributed by atoms with E-state index < -0.39 is 5.60 Å². The van der Waals surface area contributed by atoms with Crippen molar-refractivity contribution in [3.8, 4) is 5.75 Å². The highest BCUT2D eigenvalue weighted by Gasteiger charge is 2.40. The maximum Gasteiger partial charge on any atom is 0.219 e. The number of amides is 1. The second-order valence-electron chi connectivity index (χ2n) is 10.6. The summed E-state index contributed by atoms with van der Waals surface area (Å²) >= 11 is 0. The van der Waals surface area contributed by atoms with Crippen LogP contribution in [-0.2, 0) is 4.79 Å². The summed E-state index contributed by atoms with van der Waals surface area (Å²) in [6.07, 6.45) is 4.80. The number of hydrogen-bond donors (Lipinski definition) is 1. The first kappa shape index (κ1) is 23.1. The van der Waals surface area contributed by atoms with E-state index in [1.807, 2.05) is 31.2 Å². The van der Waals surface area contributed by atoms with E-state index in [9.17, 15) is 9.90 Å². The molecule has 5 nitrogen and oxygen atoms in total. The molecule has 0 unspecified atom stereocenters. The molecule has 0 bridgehead atoms. The van der Waals surface area contributed by atoms with Crippen molar-refractivity contribution in [2.45, 2.75) is 71.9 Å². The third-order valence-corrected chi connectivity index (χ3v) is 7.05. The van der Waals surface area contributed by atoms with Crippen molar-refractivity contribution in [1.29, 1.82) is 0 Å². The summed E-state index contributed by atoms with van der Waals surface area (Å²) in [6.45, 7) is 13.2. The van der Waals surface area contributed by atoms with Crippen molar-refractivity contribution < 1.29 is 14.6 Å². The number of β-amino-alcohol motifs (C(OH)–C–C–N with tert-alkyl or cyclic N) is 1. The quantitative estimate of drug-likeness (QED) is 0.809. The predicted octanol–water partition coefficient (Wildman–Crippen LogP) is 3.87. The van der Waals surface area contributed by atoms with Crippen LogP contribution in [0.5, 0.6) is 5.75 Å². The summed E-state index contributed by atoms with van der Waals surface area (Å²) in [5.74, 6) is 1.53. The van der Waals surface area contributed by atoms with Crippen LogP contribution in [0, 0.1) is 18.3 Å². The largest absolute Gasteiger partial charge is 0.490 e. The predicted molar refractivity (Wildman–Crippen MR) is 121 cm³/mol. The molecular formula is C25H40N2O3. The lowest BCUT2D eigenvalue weighted by atomic mass is 9.71. The number of rotatable bonds is 4. The van der Waals surface area contributed by atoms with Crippen molar-refractivity contribution >= 4 is 5.91 Å². The van der Waals surface area contributed by atoms with Gasteiger partial charge in [-0.2, -0.15) is 0 Å². The van der Waals surface area contributed by atoms with E-state index in [4.69, 9.17) is 4.74 Å². The molecule has 1 saturated heterocycles. The van der Waals surface area contributed by atoms with Gasteiger partial charge in [-0.25, -0.2) is 0 Å². The van der Waals surface area contributed by atoms with Gasteiger partial charge >= 0.3 is 0 Å². The molecule has 1 atom stereocenters. The lowest BCUT2D eigenvalue weighted by Crippen LogP contribution is -2.53. The van der Waals surface area contributed by atoms with Gasteiger partial charge in [0, 0.05) is 32.6 Å². The minimum atomic E-state index is -1.08. The summed E-state index contributed by atoms with van der Waals surface area (Å²) in [5, 5.41) is 11.5. The van der Waals surface area contributed by atoms with Crippen molar-refractivity contribution in [3.05, 3.63) is 29.8 Å². The molecule has 0 radical (unpaired) electrons. The van der Waals surface area contributed by atoms with Crippen LogP contribution in [0.1, 0.15) is 58.9 Å². The van der Waals surface area contributed by atoms with Crippen LogP contribution in [-0.4, -0.2) is 65.2 Å². The van der Waals surface area contributed by atoms with Crippen LogP contribution < -0.4 is 4.74 Å². The molecule has 1 aromatic rings. The van der Waals surface area contributed by atoms with Gasteiger partial charge in [-0.05, 0) is 56.1 Å². The Bertz CT molecular complexity index is 704. The van der Waals surface area contributed by atoms with E-state index in [0.717, 1.165) is 31.1 Å². The lowest BCUT2D eigenvalue weighted by molar-refractivity contribution is -0.132. The van der Waals surface area contributed by atoms with Gasteiger partial charge in [-0.15, -0.1) is 0 Å². The molecule has 1 aliphatic heterocycles. The van der Waals surface area contributed by atoms with E-state index >= 15 is 0 Å². The Labute approximate surface area is 182 Å². The summed E-state index contributed by atoms with van der Waals surface area (Å²) < 4.78 is 5.97. The number of benzene rings is 1. The molecule has 2 aliphatic rings. The number of carbonyl (C=O) groups is 1. The third-order valence-electron chi connectivity index (χ3n) is 7.05. The summed E-state index contributed by atoms with van der Waals surface area (Å²) in [4.78, 5) is 16.3. The highest BCUT2D eigenvalue weighted by molar-refractivity contribution is 5.73. The topological polar surface area (TPSA) is 53.0 Å². The number of aliphatic hydroxyl groups is 1. The van der Waals surface area contributed by atoms with Gasteiger partial charge in [0.15, 0.2) is 0 Å². The maximum absolute atomic E-state index is 12.1. The Kier molecular flexibility index (Phi) is 7.13. The zero-order valence-corrected chi connectivity index (χ0v) is 19.5. The fourth-order valence-corrected chi connectivity index (χ4v) is 5.02. The molecule has 0 spiro atoms. The van der Waals surface area contributed by atoms with Crippen molar-refractivity contribution in [2.24, 2.45) is 11.3 Å². The van der Waals surface area contributed by atoms with Crippen LogP contribution in [0.15, 0.2) is 24.3 Å². The SMILES string of the molecule is CC(=O)N1CCN(C2CCC(C(C)(C)C)CC2)C[C@@](O)(COc2ccc(C)cc2)C1. The maximum atomic E-state index is 12.1. The first-order chi connectivity index (χ1) is 14.1. The van der Waals surface area contributed by atoms with Gasteiger partial charge in [0.05, 0.1) is 6.54 Å². The minimum Gasteiger partial charge on any atom is -0.490 e. The average Bonchev–Trinajstić information content (AvgIpc) is 2.87. The average molecular weight is 417 g/mol. The van der Waals surface area contributed by atoms with Crippen molar-refractivity contribution in [3.63, 3.8) is 0 Å². The number of ether oxygens (including phenoxy) is 1. The molecule has 5 heteroatoms. The van der Waals surface area contributed by atoms with Gasteiger partial charge in [0.25, 0.3) is 0 Å². The molecule has 1 aliphatic carbocycles. The highest BCUT2D eigenvalue weighted by atomic mass is 16.5. The standard InChI is InChI=1S/C25H40N2O3/c1-19-6-12-23(13-7-19)30-18-25(29)16-26(20(2)28)14-15-27(17-25)22-10-8-21(9-11-22)24(3,4)5/h6-7,12-13,21-22,29H,8-11,14-18H2,1-5H3/t21?,22?,25-/m1/s1. The van der Waals surface area contributed by atoms with Crippen molar-refractivity contribution in [2.75, 3.05) is 32.8 Å².